The van der Waals surface area contributed by atoms with Gasteiger partial charge in [0, 0.05) is 37.0 Å². The minimum Gasteiger partial charge on any atom is -0.504 e. The van der Waals surface area contributed by atoms with Crippen LogP contribution in [0.4, 0.5) is 0 Å². The molecule has 0 aliphatic carbocycles. The van der Waals surface area contributed by atoms with Gasteiger partial charge in [0.1, 0.15) is 0 Å². The summed E-state index contributed by atoms with van der Waals surface area (Å²) >= 11 is 0. The summed E-state index contributed by atoms with van der Waals surface area (Å²) in [7, 11) is 3.06. The molecule has 1 aliphatic heterocycles. The first-order valence-electron chi connectivity index (χ1n) is 8.84. The largest absolute Gasteiger partial charge is 0.504 e. The second-order valence-corrected chi connectivity index (χ2v) is 6.22. The molecule has 7 nitrogen and oxygen atoms in total. The molecule has 27 heavy (non-hydrogen) atoms. The molecule has 0 unspecified atom stereocenters. The first kappa shape index (κ1) is 19.0. The second kappa shape index (κ2) is 8.75. The molecule has 3 rings (SSSR count). The summed E-state index contributed by atoms with van der Waals surface area (Å²) in [5.41, 5.74) is 1.41. The van der Waals surface area contributed by atoms with E-state index in [1.165, 1.54) is 7.11 Å². The smallest absolute Gasteiger partial charge is 0.166 e. The van der Waals surface area contributed by atoms with Crippen molar-refractivity contribution in [1.82, 2.24) is 10.2 Å². The standard InChI is InChI=1S/C20H25N3O4/c1-26-16-7-3-5-14(18(16)24)13-21-9-11-23-12-10-22-20(23)15-6-4-8-17(27-2)19(15)25/h3-8,13,20,22,24-25H,9-12H2,1-2H3/t20-/m1/s1. The van der Waals surface area contributed by atoms with E-state index in [4.69, 9.17) is 9.47 Å². The fourth-order valence-corrected chi connectivity index (χ4v) is 3.23. The summed E-state index contributed by atoms with van der Waals surface area (Å²) in [6.07, 6.45) is 1.57. The maximum absolute atomic E-state index is 10.4. The van der Waals surface area contributed by atoms with Crippen LogP contribution in [0.15, 0.2) is 41.4 Å². The highest BCUT2D eigenvalue weighted by molar-refractivity contribution is 5.84. The molecule has 1 heterocycles. The number of nitrogens with zero attached hydrogens (tertiary/aromatic N) is 2. The topological polar surface area (TPSA) is 86.6 Å². The SMILES string of the molecule is COc1cccc(C=NCCN2CCN[C@H]2c2cccc(OC)c2O)c1O. The number of phenols is 2. The molecule has 0 saturated carbocycles. The maximum atomic E-state index is 10.4. The molecule has 7 heteroatoms. The van der Waals surface area contributed by atoms with Crippen molar-refractivity contribution in [2.75, 3.05) is 40.4 Å². The van der Waals surface area contributed by atoms with Gasteiger partial charge in [-0.3, -0.25) is 15.2 Å². The van der Waals surface area contributed by atoms with Crippen LogP contribution in [0.1, 0.15) is 17.3 Å². The zero-order valence-electron chi connectivity index (χ0n) is 15.6. The highest BCUT2D eigenvalue weighted by Crippen LogP contribution is 2.35. The summed E-state index contributed by atoms with van der Waals surface area (Å²) in [5, 5.41) is 23.9. The average Bonchev–Trinajstić information content (AvgIpc) is 3.15. The summed E-state index contributed by atoms with van der Waals surface area (Å²) in [4.78, 5) is 6.65. The molecular weight excluding hydrogens is 346 g/mol. The minimum absolute atomic E-state index is 0.0828. The van der Waals surface area contributed by atoms with Crippen LogP contribution >= 0.6 is 0 Å². The van der Waals surface area contributed by atoms with E-state index in [-0.39, 0.29) is 17.7 Å². The van der Waals surface area contributed by atoms with E-state index < -0.39 is 0 Å². The molecule has 1 saturated heterocycles. The molecule has 3 N–H and O–H groups in total. The lowest BCUT2D eigenvalue weighted by molar-refractivity contribution is 0.245. The molecule has 0 spiro atoms. The lowest BCUT2D eigenvalue weighted by Gasteiger charge is -2.24. The lowest BCUT2D eigenvalue weighted by Crippen LogP contribution is -2.29. The fourth-order valence-electron chi connectivity index (χ4n) is 3.23. The molecule has 0 aromatic heterocycles. The number of hydrogen-bond donors (Lipinski definition) is 3. The number of nitrogens with one attached hydrogen (secondary N) is 1. The van der Waals surface area contributed by atoms with Crippen LogP contribution in [-0.4, -0.2) is 61.7 Å². The predicted molar refractivity (Wildman–Crippen MR) is 104 cm³/mol. The molecule has 1 atom stereocenters. The molecule has 144 valence electrons. The number of aromatic hydroxyl groups is 2. The van der Waals surface area contributed by atoms with Crippen molar-refractivity contribution in [3.63, 3.8) is 0 Å². The fraction of sp³-hybridized carbons (Fsp3) is 0.350. The second-order valence-electron chi connectivity index (χ2n) is 6.22. The van der Waals surface area contributed by atoms with Gasteiger partial charge in [0.2, 0.25) is 0 Å². The molecule has 0 amide bonds. The number of para-hydroxylation sites is 2. The number of hydrogen-bond acceptors (Lipinski definition) is 7. The quantitative estimate of drug-likeness (QED) is 0.647. The van der Waals surface area contributed by atoms with Gasteiger partial charge >= 0.3 is 0 Å². The van der Waals surface area contributed by atoms with Crippen LogP contribution in [0.2, 0.25) is 0 Å². The Labute approximate surface area is 158 Å². The molecule has 2 aromatic carbocycles. The number of benzene rings is 2. The molecule has 0 bridgehead atoms. The van der Waals surface area contributed by atoms with Crippen LogP contribution in [0, 0.1) is 0 Å². The van der Waals surface area contributed by atoms with E-state index in [9.17, 15) is 10.2 Å². The van der Waals surface area contributed by atoms with Gasteiger partial charge in [-0.25, -0.2) is 0 Å². The third-order valence-corrected chi connectivity index (χ3v) is 4.64. The Morgan fingerprint density at radius 2 is 1.81 bits per heavy atom. The maximum Gasteiger partial charge on any atom is 0.166 e. The van der Waals surface area contributed by atoms with E-state index in [0.717, 1.165) is 25.2 Å². The van der Waals surface area contributed by atoms with E-state index >= 15 is 0 Å². The van der Waals surface area contributed by atoms with Crippen molar-refractivity contribution in [3.8, 4) is 23.0 Å². The Balaban J connectivity index is 1.64. The third kappa shape index (κ3) is 4.15. The van der Waals surface area contributed by atoms with Gasteiger partial charge in [-0.2, -0.15) is 0 Å². The Hall–Kier alpha value is -2.77. The molecule has 0 radical (unpaired) electrons. The van der Waals surface area contributed by atoms with Crippen LogP contribution in [0.25, 0.3) is 0 Å². The monoisotopic (exact) mass is 371 g/mol. The average molecular weight is 371 g/mol. The third-order valence-electron chi connectivity index (χ3n) is 4.64. The summed E-state index contributed by atoms with van der Waals surface area (Å²) in [5.74, 6) is 1.14. The number of methoxy groups -OCH3 is 2. The number of phenolic OH excluding ortho intramolecular Hbond substituents is 2. The Morgan fingerprint density at radius 1 is 1.11 bits per heavy atom. The predicted octanol–water partition coefficient (Wildman–Crippen LogP) is 2.14. The normalized spacial score (nSPS) is 17.5. The van der Waals surface area contributed by atoms with Gasteiger partial charge in [0.25, 0.3) is 0 Å². The number of rotatable bonds is 7. The Kier molecular flexibility index (Phi) is 6.16. The highest BCUT2D eigenvalue weighted by atomic mass is 16.5. The van der Waals surface area contributed by atoms with E-state index in [1.807, 2.05) is 18.2 Å². The van der Waals surface area contributed by atoms with Crippen molar-refractivity contribution >= 4 is 6.21 Å². The van der Waals surface area contributed by atoms with Gasteiger partial charge < -0.3 is 19.7 Å². The molecular formula is C20H25N3O4. The van der Waals surface area contributed by atoms with Gasteiger partial charge in [-0.15, -0.1) is 0 Å². The van der Waals surface area contributed by atoms with Gasteiger partial charge in [0.05, 0.1) is 26.9 Å². The number of aliphatic imine (C=N–C) groups is 1. The van der Waals surface area contributed by atoms with Crippen molar-refractivity contribution in [2.45, 2.75) is 6.17 Å². The number of ether oxygens (including phenoxy) is 2. The Morgan fingerprint density at radius 3 is 2.56 bits per heavy atom. The van der Waals surface area contributed by atoms with E-state index in [1.54, 1.807) is 31.5 Å². The van der Waals surface area contributed by atoms with Crippen LogP contribution in [0.3, 0.4) is 0 Å². The van der Waals surface area contributed by atoms with Gasteiger partial charge in [0.15, 0.2) is 23.0 Å². The first-order chi connectivity index (χ1) is 13.2. The van der Waals surface area contributed by atoms with Gasteiger partial charge in [-0.05, 0) is 18.2 Å². The summed E-state index contributed by atoms with van der Waals surface area (Å²) in [6.45, 7) is 2.98. The van der Waals surface area contributed by atoms with Crippen molar-refractivity contribution in [2.24, 2.45) is 4.99 Å². The van der Waals surface area contributed by atoms with E-state index in [2.05, 4.69) is 15.2 Å². The Bertz CT molecular complexity index is 810. The molecule has 2 aromatic rings. The van der Waals surface area contributed by atoms with Gasteiger partial charge in [-0.1, -0.05) is 18.2 Å². The lowest BCUT2D eigenvalue weighted by atomic mass is 10.1. The van der Waals surface area contributed by atoms with Crippen molar-refractivity contribution in [1.29, 1.82) is 0 Å². The molecule has 1 fully saturated rings. The van der Waals surface area contributed by atoms with Crippen LogP contribution in [0.5, 0.6) is 23.0 Å². The zero-order chi connectivity index (χ0) is 19.2. The highest BCUT2D eigenvalue weighted by Gasteiger charge is 2.28. The minimum atomic E-state index is -0.0828. The summed E-state index contributed by atoms with van der Waals surface area (Å²) < 4.78 is 10.3. The van der Waals surface area contributed by atoms with Crippen molar-refractivity contribution < 1.29 is 19.7 Å². The molecule has 1 aliphatic rings. The van der Waals surface area contributed by atoms with Crippen molar-refractivity contribution in [3.05, 3.63) is 47.5 Å². The first-order valence-corrected chi connectivity index (χ1v) is 8.84. The van der Waals surface area contributed by atoms with Crippen LogP contribution in [-0.2, 0) is 0 Å². The summed E-state index contributed by atoms with van der Waals surface area (Å²) in [6, 6.07) is 10.8. The van der Waals surface area contributed by atoms with E-state index in [0.29, 0.717) is 23.6 Å². The zero-order valence-corrected chi connectivity index (χ0v) is 15.6. The van der Waals surface area contributed by atoms with Crippen LogP contribution < -0.4 is 14.8 Å².